The molecule has 1 amide bonds. The number of hydrogen-bond donors (Lipinski definition) is 2. The molecule has 0 saturated carbocycles. The highest BCUT2D eigenvalue weighted by atomic mass is 35.5. The number of fused-ring (bicyclic) bond motifs is 3. The molecule has 2 saturated heterocycles. The third-order valence-corrected chi connectivity index (χ3v) is 7.55. The number of benzene rings is 2. The van der Waals surface area contributed by atoms with E-state index in [0.29, 0.717) is 30.8 Å². The average molecular weight is 469 g/mol. The van der Waals surface area contributed by atoms with Crippen LogP contribution < -0.4 is 5.32 Å². The molecular formula is C26H29ClN2O4. The van der Waals surface area contributed by atoms with Gasteiger partial charge >= 0.3 is 0 Å². The number of halogens is 1. The summed E-state index contributed by atoms with van der Waals surface area (Å²) in [5.41, 5.74) is 3.39. The second-order valence-electron chi connectivity index (χ2n) is 9.32. The SMILES string of the molecule is O=C(CC[C@@H](O)[C@@H]1Cc2ccccc2CN1)c1ccc(C(=O)N2C3CCC2COC3)cc1Cl. The number of ether oxygens (including phenoxy) is 1. The summed E-state index contributed by atoms with van der Waals surface area (Å²) in [6.07, 6.45) is 2.59. The fourth-order valence-corrected chi connectivity index (χ4v) is 5.64. The van der Waals surface area contributed by atoms with Crippen LogP contribution in [0.1, 0.15) is 57.5 Å². The molecule has 3 aliphatic rings. The van der Waals surface area contributed by atoms with Gasteiger partial charge in [0.1, 0.15) is 0 Å². The van der Waals surface area contributed by atoms with Gasteiger partial charge in [0, 0.05) is 30.1 Å². The monoisotopic (exact) mass is 468 g/mol. The number of carbonyl (C=O) groups excluding carboxylic acids is 2. The molecule has 2 aromatic rings. The van der Waals surface area contributed by atoms with Gasteiger partial charge in [-0.25, -0.2) is 0 Å². The molecule has 4 atom stereocenters. The predicted octanol–water partition coefficient (Wildman–Crippen LogP) is 3.38. The van der Waals surface area contributed by atoms with E-state index in [9.17, 15) is 14.7 Å². The van der Waals surface area contributed by atoms with E-state index >= 15 is 0 Å². The van der Waals surface area contributed by atoms with Crippen LogP contribution >= 0.6 is 11.6 Å². The molecule has 3 heterocycles. The van der Waals surface area contributed by atoms with Crippen LogP contribution in [-0.4, -0.2) is 59.1 Å². The molecule has 0 spiro atoms. The molecule has 174 valence electrons. The minimum Gasteiger partial charge on any atom is -0.391 e. The normalized spacial score (nSPS) is 24.9. The Labute approximate surface area is 198 Å². The van der Waals surface area contributed by atoms with Gasteiger partial charge in [-0.1, -0.05) is 35.9 Å². The van der Waals surface area contributed by atoms with E-state index in [4.69, 9.17) is 16.3 Å². The number of Topliss-reactive ketones (excluding diaryl/α,β-unsaturated/α-hetero) is 1. The van der Waals surface area contributed by atoms with Crippen molar-refractivity contribution in [2.24, 2.45) is 0 Å². The van der Waals surface area contributed by atoms with E-state index in [-0.39, 0.29) is 41.3 Å². The molecule has 2 fully saturated rings. The lowest BCUT2D eigenvalue weighted by molar-refractivity contribution is -0.00716. The summed E-state index contributed by atoms with van der Waals surface area (Å²) in [4.78, 5) is 27.8. The van der Waals surface area contributed by atoms with Crippen molar-refractivity contribution < 1.29 is 19.4 Å². The molecule has 2 unspecified atom stereocenters. The third-order valence-electron chi connectivity index (χ3n) is 7.24. The summed E-state index contributed by atoms with van der Waals surface area (Å²) >= 11 is 6.42. The Bertz CT molecular complexity index is 1040. The van der Waals surface area contributed by atoms with E-state index in [1.165, 1.54) is 11.1 Å². The van der Waals surface area contributed by atoms with Gasteiger partial charge in [-0.3, -0.25) is 9.59 Å². The van der Waals surface area contributed by atoms with Crippen LogP contribution in [0.5, 0.6) is 0 Å². The van der Waals surface area contributed by atoms with E-state index in [0.717, 1.165) is 25.8 Å². The Morgan fingerprint density at radius 2 is 1.85 bits per heavy atom. The van der Waals surface area contributed by atoms with Gasteiger partial charge < -0.3 is 20.1 Å². The van der Waals surface area contributed by atoms with Gasteiger partial charge in [0.05, 0.1) is 36.4 Å². The molecule has 5 rings (SSSR count). The summed E-state index contributed by atoms with van der Waals surface area (Å²) in [6, 6.07) is 13.3. The molecule has 3 aliphatic heterocycles. The van der Waals surface area contributed by atoms with Crippen molar-refractivity contribution in [1.29, 1.82) is 0 Å². The highest BCUT2D eigenvalue weighted by molar-refractivity contribution is 6.34. The van der Waals surface area contributed by atoms with Crippen molar-refractivity contribution in [3.8, 4) is 0 Å². The number of carbonyl (C=O) groups is 2. The Kier molecular flexibility index (Phi) is 6.52. The maximum absolute atomic E-state index is 13.1. The van der Waals surface area contributed by atoms with Gasteiger partial charge in [0.2, 0.25) is 0 Å². The first-order valence-electron chi connectivity index (χ1n) is 11.7. The van der Waals surface area contributed by atoms with E-state index in [1.54, 1.807) is 18.2 Å². The number of aliphatic hydroxyl groups is 1. The van der Waals surface area contributed by atoms with Crippen LogP contribution in [0.25, 0.3) is 0 Å². The van der Waals surface area contributed by atoms with Gasteiger partial charge in [0.15, 0.2) is 5.78 Å². The lowest BCUT2D eigenvalue weighted by Gasteiger charge is -2.34. The van der Waals surface area contributed by atoms with Crippen LogP contribution in [0.4, 0.5) is 0 Å². The zero-order valence-electron chi connectivity index (χ0n) is 18.5. The number of rotatable bonds is 6. The van der Waals surface area contributed by atoms with Gasteiger partial charge in [-0.15, -0.1) is 0 Å². The predicted molar refractivity (Wildman–Crippen MR) is 126 cm³/mol. The smallest absolute Gasteiger partial charge is 0.254 e. The zero-order chi connectivity index (χ0) is 22.9. The summed E-state index contributed by atoms with van der Waals surface area (Å²) in [6.45, 7) is 1.88. The minimum atomic E-state index is -0.626. The molecular weight excluding hydrogens is 440 g/mol. The number of aliphatic hydroxyl groups excluding tert-OH is 1. The van der Waals surface area contributed by atoms with Crippen molar-refractivity contribution in [3.05, 3.63) is 69.7 Å². The first-order valence-corrected chi connectivity index (χ1v) is 12.1. The quantitative estimate of drug-likeness (QED) is 0.635. The van der Waals surface area contributed by atoms with Crippen molar-refractivity contribution in [2.45, 2.75) is 62.9 Å². The van der Waals surface area contributed by atoms with Crippen LogP contribution in [-0.2, 0) is 17.7 Å². The summed E-state index contributed by atoms with van der Waals surface area (Å²) in [5.74, 6) is -0.175. The number of hydrogen-bond acceptors (Lipinski definition) is 5. The zero-order valence-corrected chi connectivity index (χ0v) is 19.3. The standard InChI is InChI=1S/C26H29ClN2O4/c27-22-11-17(26(32)29-19-6-7-20(29)15-33-14-19)5-8-21(22)24(30)9-10-25(31)23-12-16-3-1-2-4-18(16)13-28-23/h1-5,8,11,19-20,23,25,28,31H,6-7,9-10,12-15H2/t19?,20?,23-,25+/m0/s1. The van der Waals surface area contributed by atoms with E-state index in [2.05, 4.69) is 17.4 Å². The Morgan fingerprint density at radius 1 is 1.12 bits per heavy atom. The molecule has 0 radical (unpaired) electrons. The summed E-state index contributed by atoms with van der Waals surface area (Å²) < 4.78 is 5.56. The third kappa shape index (κ3) is 4.58. The van der Waals surface area contributed by atoms with Gasteiger partial charge in [-0.2, -0.15) is 0 Å². The minimum absolute atomic E-state index is 0.0502. The number of ketones is 1. The van der Waals surface area contributed by atoms with Crippen LogP contribution in [0.3, 0.4) is 0 Å². The van der Waals surface area contributed by atoms with Gasteiger partial charge in [0.25, 0.3) is 5.91 Å². The Morgan fingerprint density at radius 3 is 2.58 bits per heavy atom. The van der Waals surface area contributed by atoms with Crippen LogP contribution in [0, 0.1) is 0 Å². The summed E-state index contributed by atoms with van der Waals surface area (Å²) in [5, 5.41) is 14.3. The largest absolute Gasteiger partial charge is 0.391 e. The Balaban J connectivity index is 1.19. The van der Waals surface area contributed by atoms with Crippen LogP contribution in [0.2, 0.25) is 5.02 Å². The van der Waals surface area contributed by atoms with E-state index < -0.39 is 6.10 Å². The molecule has 2 bridgehead atoms. The topological polar surface area (TPSA) is 78.9 Å². The first-order chi connectivity index (χ1) is 16.0. The molecule has 7 heteroatoms. The second kappa shape index (κ2) is 9.55. The fourth-order valence-electron chi connectivity index (χ4n) is 5.35. The molecule has 2 N–H and O–H groups in total. The number of amides is 1. The molecule has 6 nitrogen and oxygen atoms in total. The van der Waals surface area contributed by atoms with E-state index in [1.807, 2.05) is 17.0 Å². The van der Waals surface area contributed by atoms with Gasteiger partial charge in [-0.05, 0) is 55.0 Å². The molecule has 33 heavy (non-hydrogen) atoms. The second-order valence-corrected chi connectivity index (χ2v) is 9.73. The number of nitrogens with zero attached hydrogens (tertiary/aromatic N) is 1. The number of nitrogens with one attached hydrogen (secondary N) is 1. The van der Waals surface area contributed by atoms with Crippen molar-refractivity contribution in [3.63, 3.8) is 0 Å². The highest BCUT2D eigenvalue weighted by Crippen LogP contribution is 2.31. The first kappa shape index (κ1) is 22.5. The van der Waals surface area contributed by atoms with Crippen LogP contribution in [0.15, 0.2) is 42.5 Å². The molecule has 0 aliphatic carbocycles. The van der Waals surface area contributed by atoms with Crippen molar-refractivity contribution >= 4 is 23.3 Å². The maximum Gasteiger partial charge on any atom is 0.254 e. The molecule has 0 aromatic heterocycles. The molecule has 2 aromatic carbocycles. The summed E-state index contributed by atoms with van der Waals surface area (Å²) in [7, 11) is 0. The highest BCUT2D eigenvalue weighted by Gasteiger charge is 2.40. The van der Waals surface area contributed by atoms with Crippen molar-refractivity contribution in [2.75, 3.05) is 13.2 Å². The maximum atomic E-state index is 13.1. The lowest BCUT2D eigenvalue weighted by atomic mass is 9.90. The fraction of sp³-hybridized carbons (Fsp3) is 0.462. The lowest BCUT2D eigenvalue weighted by Crippen LogP contribution is -2.49. The number of morpholine rings is 1. The Hall–Kier alpha value is -2.25. The average Bonchev–Trinajstić information content (AvgIpc) is 3.09. The van der Waals surface area contributed by atoms with Crippen molar-refractivity contribution in [1.82, 2.24) is 10.2 Å².